The molecule has 0 aliphatic rings. The number of hydrogen-bond donors (Lipinski definition) is 1. The van der Waals surface area contributed by atoms with Gasteiger partial charge in [0.05, 0.1) is 0 Å². The van der Waals surface area contributed by atoms with E-state index in [0.29, 0.717) is 4.90 Å². The van der Waals surface area contributed by atoms with Crippen LogP contribution in [-0.2, 0) is 0 Å². The summed E-state index contributed by atoms with van der Waals surface area (Å²) in [6.45, 7) is 1.58. The molecule has 0 fully saturated rings. The van der Waals surface area contributed by atoms with Crippen molar-refractivity contribution in [1.82, 2.24) is 4.90 Å². The second-order valence-electron chi connectivity index (χ2n) is 4.28. The summed E-state index contributed by atoms with van der Waals surface area (Å²) in [6.07, 6.45) is -3.41. The number of rotatable bonds is 5. The second-order valence-corrected chi connectivity index (χ2v) is 4.28. The number of halogens is 3. The summed E-state index contributed by atoms with van der Waals surface area (Å²) in [6, 6.07) is 6.41. The first-order valence-electron chi connectivity index (χ1n) is 5.99. The molecule has 0 radical (unpaired) electrons. The average Bonchev–Trinajstić information content (AvgIpc) is 2.34. The summed E-state index contributed by atoms with van der Waals surface area (Å²) < 4.78 is 36.5. The molecule has 106 valence electrons. The van der Waals surface area contributed by atoms with Crippen LogP contribution in [0.2, 0.25) is 0 Å². The number of hydrogen-bond acceptors (Lipinski definition) is 2. The van der Waals surface area contributed by atoms with Gasteiger partial charge in [-0.3, -0.25) is 4.79 Å². The molecule has 0 bridgehead atoms. The molecule has 0 aromatic heterocycles. The number of alkyl halides is 3. The van der Waals surface area contributed by atoms with Crippen LogP contribution in [0.5, 0.6) is 0 Å². The van der Waals surface area contributed by atoms with Crippen molar-refractivity contribution in [1.29, 1.82) is 0 Å². The Balaban J connectivity index is 2.67. The first-order chi connectivity index (χ1) is 8.83. The van der Waals surface area contributed by atoms with Gasteiger partial charge < -0.3 is 10.2 Å². The lowest BCUT2D eigenvalue weighted by Crippen LogP contribution is -2.35. The molecule has 3 nitrogen and oxygen atoms in total. The zero-order valence-electron chi connectivity index (χ0n) is 10.9. The maximum atomic E-state index is 12.2. The number of nitrogens with one attached hydrogen (secondary N) is 1. The first-order valence-corrected chi connectivity index (χ1v) is 5.99. The quantitative estimate of drug-likeness (QED) is 0.894. The third-order valence-electron chi connectivity index (χ3n) is 2.47. The second kappa shape index (κ2) is 6.45. The van der Waals surface area contributed by atoms with E-state index < -0.39 is 18.6 Å². The largest absolute Gasteiger partial charge is 0.406 e. The molecule has 0 saturated carbocycles. The Morgan fingerprint density at radius 3 is 2.32 bits per heavy atom. The van der Waals surface area contributed by atoms with Crippen LogP contribution >= 0.6 is 0 Å². The Morgan fingerprint density at radius 2 is 1.84 bits per heavy atom. The van der Waals surface area contributed by atoms with Gasteiger partial charge in [0.1, 0.15) is 6.54 Å². The first kappa shape index (κ1) is 15.3. The lowest BCUT2D eigenvalue weighted by molar-refractivity contribution is -0.138. The van der Waals surface area contributed by atoms with Gasteiger partial charge in [-0.05, 0) is 30.7 Å². The van der Waals surface area contributed by atoms with Crippen molar-refractivity contribution in [3.63, 3.8) is 0 Å². The summed E-state index contributed by atoms with van der Waals surface area (Å²) in [5.41, 5.74) is 1.09. The van der Waals surface area contributed by atoms with E-state index in [2.05, 4.69) is 5.32 Å². The maximum Gasteiger partial charge on any atom is 0.406 e. The molecule has 0 aliphatic carbocycles. The molecular formula is C13H17F3N2O. The lowest BCUT2D eigenvalue weighted by Gasteiger charge is -2.19. The van der Waals surface area contributed by atoms with Crippen molar-refractivity contribution in [2.45, 2.75) is 19.5 Å². The van der Waals surface area contributed by atoms with Gasteiger partial charge in [-0.1, -0.05) is 6.92 Å². The minimum absolute atomic E-state index is 0.244. The van der Waals surface area contributed by atoms with Gasteiger partial charge >= 0.3 is 6.18 Å². The summed E-state index contributed by atoms with van der Waals surface area (Å²) in [5.74, 6) is -0.639. The van der Waals surface area contributed by atoms with Crippen LogP contribution in [0.25, 0.3) is 0 Å². The number of amides is 1. The van der Waals surface area contributed by atoms with Crippen LogP contribution in [0, 0.1) is 0 Å². The predicted molar refractivity (Wildman–Crippen MR) is 68.2 cm³/mol. The fourth-order valence-corrected chi connectivity index (χ4v) is 1.56. The fourth-order valence-electron chi connectivity index (χ4n) is 1.56. The number of anilines is 1. The molecule has 0 aliphatic heterocycles. The minimum Gasteiger partial charge on any atom is -0.385 e. The highest BCUT2D eigenvalue weighted by Crippen LogP contribution is 2.17. The van der Waals surface area contributed by atoms with Crippen molar-refractivity contribution in [3.8, 4) is 0 Å². The summed E-state index contributed by atoms with van der Waals surface area (Å²) >= 11 is 0. The molecule has 1 aromatic rings. The van der Waals surface area contributed by atoms with E-state index in [4.69, 9.17) is 0 Å². The van der Waals surface area contributed by atoms with Gasteiger partial charge in [0.25, 0.3) is 5.91 Å². The molecule has 1 N–H and O–H groups in total. The number of nitrogens with zero attached hydrogens (tertiary/aromatic N) is 1. The van der Waals surface area contributed by atoms with Gasteiger partial charge in [-0.25, -0.2) is 0 Å². The Kier molecular flexibility index (Phi) is 5.20. The molecule has 0 saturated heterocycles. The van der Waals surface area contributed by atoms with Gasteiger partial charge in [0.15, 0.2) is 0 Å². The highest BCUT2D eigenvalue weighted by Gasteiger charge is 2.31. The van der Waals surface area contributed by atoms with Gasteiger partial charge in [0.2, 0.25) is 0 Å². The lowest BCUT2D eigenvalue weighted by atomic mass is 10.2. The molecule has 1 aromatic carbocycles. The SMILES string of the molecule is CCCNc1ccc(C(=O)N(C)CC(F)(F)F)cc1. The summed E-state index contributed by atoms with van der Waals surface area (Å²) in [5, 5.41) is 3.12. The van der Waals surface area contributed by atoms with Crippen LogP contribution in [0.4, 0.5) is 18.9 Å². The molecule has 19 heavy (non-hydrogen) atoms. The topological polar surface area (TPSA) is 32.3 Å². The molecule has 0 spiro atoms. The van der Waals surface area contributed by atoms with E-state index in [9.17, 15) is 18.0 Å². The Hall–Kier alpha value is -1.72. The smallest absolute Gasteiger partial charge is 0.385 e. The third-order valence-corrected chi connectivity index (χ3v) is 2.47. The Bertz CT molecular complexity index is 415. The van der Waals surface area contributed by atoms with E-state index in [1.54, 1.807) is 12.1 Å². The molecule has 0 heterocycles. The van der Waals surface area contributed by atoms with Crippen molar-refractivity contribution in [2.75, 3.05) is 25.5 Å². The summed E-state index contributed by atoms with van der Waals surface area (Å²) in [4.78, 5) is 12.4. The molecule has 0 atom stereocenters. The zero-order valence-corrected chi connectivity index (χ0v) is 10.9. The highest BCUT2D eigenvalue weighted by atomic mass is 19.4. The van der Waals surface area contributed by atoms with Crippen LogP contribution in [-0.4, -0.2) is 37.1 Å². The fraction of sp³-hybridized carbons (Fsp3) is 0.462. The van der Waals surface area contributed by atoms with E-state index in [-0.39, 0.29) is 5.56 Å². The monoisotopic (exact) mass is 274 g/mol. The van der Waals surface area contributed by atoms with Crippen molar-refractivity contribution in [3.05, 3.63) is 29.8 Å². The van der Waals surface area contributed by atoms with E-state index in [1.807, 2.05) is 6.92 Å². The van der Waals surface area contributed by atoms with Gasteiger partial charge in [-0.2, -0.15) is 13.2 Å². The number of carbonyl (C=O) groups is 1. The Morgan fingerprint density at radius 1 is 1.26 bits per heavy atom. The van der Waals surface area contributed by atoms with Gasteiger partial charge in [0, 0.05) is 24.8 Å². The van der Waals surface area contributed by atoms with Gasteiger partial charge in [-0.15, -0.1) is 0 Å². The predicted octanol–water partition coefficient (Wildman–Crippen LogP) is 3.14. The van der Waals surface area contributed by atoms with Crippen LogP contribution in [0.3, 0.4) is 0 Å². The van der Waals surface area contributed by atoms with Crippen LogP contribution in [0.1, 0.15) is 23.7 Å². The van der Waals surface area contributed by atoms with Crippen molar-refractivity contribution >= 4 is 11.6 Å². The third kappa shape index (κ3) is 5.19. The molecular weight excluding hydrogens is 257 g/mol. The summed E-state index contributed by atoms with van der Waals surface area (Å²) in [7, 11) is 1.14. The molecule has 0 unspecified atom stereocenters. The van der Waals surface area contributed by atoms with E-state index >= 15 is 0 Å². The normalized spacial score (nSPS) is 11.2. The minimum atomic E-state index is -4.38. The number of benzene rings is 1. The molecule has 6 heteroatoms. The molecule has 1 rings (SSSR count). The maximum absolute atomic E-state index is 12.2. The Labute approximate surface area is 110 Å². The highest BCUT2D eigenvalue weighted by molar-refractivity contribution is 5.94. The van der Waals surface area contributed by atoms with Crippen LogP contribution < -0.4 is 5.32 Å². The van der Waals surface area contributed by atoms with E-state index in [0.717, 1.165) is 25.7 Å². The number of carbonyl (C=O) groups excluding carboxylic acids is 1. The zero-order chi connectivity index (χ0) is 14.5. The standard InChI is InChI=1S/C13H17F3N2O/c1-3-8-17-11-6-4-10(5-7-11)12(19)18(2)9-13(14,15)16/h4-7,17H,3,8-9H2,1-2H3. The van der Waals surface area contributed by atoms with E-state index in [1.165, 1.54) is 12.1 Å². The average molecular weight is 274 g/mol. The van der Waals surface area contributed by atoms with Crippen molar-refractivity contribution in [2.24, 2.45) is 0 Å². The van der Waals surface area contributed by atoms with Crippen molar-refractivity contribution < 1.29 is 18.0 Å². The molecule has 1 amide bonds. The van der Waals surface area contributed by atoms with Crippen LogP contribution in [0.15, 0.2) is 24.3 Å².